The van der Waals surface area contributed by atoms with Gasteiger partial charge in [-0.1, -0.05) is 17.7 Å². The number of hydrogen-bond acceptors (Lipinski definition) is 6. The van der Waals surface area contributed by atoms with Crippen LogP contribution in [0.4, 0.5) is 0 Å². The van der Waals surface area contributed by atoms with Crippen LogP contribution in [0.15, 0.2) is 29.2 Å². The molecule has 1 aliphatic heterocycles. The van der Waals surface area contributed by atoms with E-state index in [1.165, 1.54) is 12.1 Å². The van der Waals surface area contributed by atoms with E-state index >= 15 is 0 Å². The van der Waals surface area contributed by atoms with E-state index in [0.717, 1.165) is 5.56 Å². The van der Waals surface area contributed by atoms with Gasteiger partial charge in [-0.25, -0.2) is 0 Å². The van der Waals surface area contributed by atoms with E-state index in [1.807, 2.05) is 6.92 Å². The number of carbonyl (C=O) groups is 1. The summed E-state index contributed by atoms with van der Waals surface area (Å²) >= 11 is 0. The third-order valence-corrected chi connectivity index (χ3v) is 4.61. The van der Waals surface area contributed by atoms with Crippen LogP contribution in [0.25, 0.3) is 0 Å². The molecule has 1 aromatic carbocycles. The van der Waals surface area contributed by atoms with Crippen molar-refractivity contribution >= 4 is 16.1 Å². The lowest BCUT2D eigenvalue weighted by molar-refractivity contribution is -0.145. The summed E-state index contributed by atoms with van der Waals surface area (Å²) in [6, 6.07) is 5.93. The molecule has 1 fully saturated rings. The molecular weight excluding hydrogens is 294 g/mol. The van der Waals surface area contributed by atoms with Crippen molar-refractivity contribution in [1.29, 1.82) is 0 Å². The monoisotopic (exact) mass is 313 g/mol. The van der Waals surface area contributed by atoms with E-state index in [-0.39, 0.29) is 17.3 Å². The third kappa shape index (κ3) is 4.03. The van der Waals surface area contributed by atoms with Crippen molar-refractivity contribution in [3.63, 3.8) is 0 Å². The lowest BCUT2D eigenvalue weighted by Gasteiger charge is -2.11. The Morgan fingerprint density at radius 2 is 2.00 bits per heavy atom. The number of hydrogen-bond donors (Lipinski definition) is 1. The van der Waals surface area contributed by atoms with Gasteiger partial charge in [0.25, 0.3) is 10.1 Å². The zero-order chi connectivity index (χ0) is 15.5. The number of aryl methyl sites for hydroxylation is 1. The van der Waals surface area contributed by atoms with Crippen molar-refractivity contribution in [2.45, 2.75) is 37.3 Å². The fourth-order valence-corrected chi connectivity index (χ4v) is 3.22. The minimum atomic E-state index is -3.81. The highest BCUT2D eigenvalue weighted by molar-refractivity contribution is 7.86. The molecular formula is C14H19NO5S. The van der Waals surface area contributed by atoms with Crippen LogP contribution in [-0.2, 0) is 23.8 Å². The topological polar surface area (TPSA) is 81.7 Å². The SMILES string of the molecule is CCOC(=O)C1CC(OS(=O)(=O)c2ccc(C)cc2)CN1. The number of esters is 1. The first-order chi connectivity index (χ1) is 9.92. The molecule has 0 aliphatic carbocycles. The van der Waals surface area contributed by atoms with Crippen LogP contribution in [0.1, 0.15) is 18.9 Å². The largest absolute Gasteiger partial charge is 0.465 e. The van der Waals surface area contributed by atoms with Gasteiger partial charge in [0.2, 0.25) is 0 Å². The molecule has 116 valence electrons. The standard InChI is InChI=1S/C14H19NO5S/c1-3-19-14(16)13-8-11(9-15-13)20-21(17,18)12-6-4-10(2)5-7-12/h4-7,11,13,15H,3,8-9H2,1-2H3. The fourth-order valence-electron chi connectivity index (χ4n) is 2.14. The van der Waals surface area contributed by atoms with Crippen molar-refractivity contribution in [3.05, 3.63) is 29.8 Å². The number of carbonyl (C=O) groups excluding carboxylic acids is 1. The van der Waals surface area contributed by atoms with Gasteiger partial charge in [-0.3, -0.25) is 8.98 Å². The molecule has 0 bridgehead atoms. The average molecular weight is 313 g/mol. The molecule has 0 saturated carbocycles. The van der Waals surface area contributed by atoms with E-state index < -0.39 is 22.3 Å². The number of nitrogens with one attached hydrogen (secondary N) is 1. The molecule has 1 aromatic rings. The number of benzene rings is 1. The molecule has 1 heterocycles. The van der Waals surface area contributed by atoms with Crippen LogP contribution in [0.5, 0.6) is 0 Å². The molecule has 2 rings (SSSR count). The highest BCUT2D eigenvalue weighted by atomic mass is 32.2. The molecule has 7 heteroatoms. The zero-order valence-electron chi connectivity index (χ0n) is 12.0. The van der Waals surface area contributed by atoms with Crippen molar-refractivity contribution < 1.29 is 22.1 Å². The molecule has 0 aromatic heterocycles. The lowest BCUT2D eigenvalue weighted by atomic mass is 10.2. The van der Waals surface area contributed by atoms with E-state index in [0.29, 0.717) is 13.2 Å². The van der Waals surface area contributed by atoms with Crippen molar-refractivity contribution in [2.24, 2.45) is 0 Å². The Morgan fingerprint density at radius 3 is 2.62 bits per heavy atom. The Balaban J connectivity index is 1.99. The van der Waals surface area contributed by atoms with Crippen LogP contribution in [0, 0.1) is 6.92 Å². The summed E-state index contributed by atoms with van der Waals surface area (Å²) in [5, 5.41) is 2.91. The Labute approximate surface area is 124 Å². The molecule has 2 atom stereocenters. The second kappa shape index (κ2) is 6.55. The van der Waals surface area contributed by atoms with Crippen LogP contribution in [0.3, 0.4) is 0 Å². The summed E-state index contributed by atoms with van der Waals surface area (Å²) in [7, 11) is -3.81. The first-order valence-electron chi connectivity index (χ1n) is 6.82. The van der Waals surface area contributed by atoms with E-state index in [4.69, 9.17) is 8.92 Å². The highest BCUT2D eigenvalue weighted by Gasteiger charge is 2.34. The normalized spacial score (nSPS) is 22.2. The molecule has 2 unspecified atom stereocenters. The smallest absolute Gasteiger partial charge is 0.323 e. The Hall–Kier alpha value is -1.44. The second-order valence-electron chi connectivity index (χ2n) is 4.93. The lowest BCUT2D eigenvalue weighted by Crippen LogP contribution is -2.32. The second-order valence-corrected chi connectivity index (χ2v) is 6.51. The van der Waals surface area contributed by atoms with Crippen molar-refractivity contribution in [1.82, 2.24) is 5.32 Å². The molecule has 1 aliphatic rings. The van der Waals surface area contributed by atoms with E-state index in [9.17, 15) is 13.2 Å². The molecule has 1 saturated heterocycles. The number of ether oxygens (including phenoxy) is 1. The predicted octanol–water partition coefficient (Wildman–Crippen LogP) is 0.994. The minimum absolute atomic E-state index is 0.118. The van der Waals surface area contributed by atoms with Gasteiger partial charge >= 0.3 is 5.97 Å². The fraction of sp³-hybridized carbons (Fsp3) is 0.500. The Kier molecular flexibility index (Phi) is 4.97. The van der Waals surface area contributed by atoms with Crippen LogP contribution >= 0.6 is 0 Å². The van der Waals surface area contributed by atoms with Crippen LogP contribution in [-0.4, -0.2) is 39.7 Å². The summed E-state index contributed by atoms with van der Waals surface area (Å²) in [5.41, 5.74) is 0.971. The van der Waals surface area contributed by atoms with E-state index in [2.05, 4.69) is 5.32 Å². The van der Waals surface area contributed by atoms with Gasteiger partial charge in [0, 0.05) is 13.0 Å². The molecule has 1 N–H and O–H groups in total. The van der Waals surface area contributed by atoms with Gasteiger partial charge in [0.15, 0.2) is 0 Å². The molecule has 21 heavy (non-hydrogen) atoms. The van der Waals surface area contributed by atoms with Crippen LogP contribution in [0.2, 0.25) is 0 Å². The predicted molar refractivity (Wildman–Crippen MR) is 76.3 cm³/mol. The zero-order valence-corrected chi connectivity index (χ0v) is 12.9. The molecule has 0 spiro atoms. The summed E-state index contributed by atoms with van der Waals surface area (Å²) in [4.78, 5) is 11.7. The number of rotatable bonds is 5. The third-order valence-electron chi connectivity index (χ3n) is 3.23. The van der Waals surface area contributed by atoms with Gasteiger partial charge in [-0.15, -0.1) is 0 Å². The molecule has 0 radical (unpaired) electrons. The maximum absolute atomic E-state index is 12.1. The van der Waals surface area contributed by atoms with Crippen molar-refractivity contribution in [3.8, 4) is 0 Å². The maximum atomic E-state index is 12.1. The van der Waals surface area contributed by atoms with Gasteiger partial charge in [0.1, 0.15) is 6.04 Å². The van der Waals surface area contributed by atoms with Gasteiger partial charge in [-0.2, -0.15) is 8.42 Å². The molecule has 6 nitrogen and oxygen atoms in total. The Bertz CT molecular complexity index is 596. The average Bonchev–Trinajstić information content (AvgIpc) is 2.87. The quantitative estimate of drug-likeness (QED) is 0.645. The summed E-state index contributed by atoms with van der Waals surface area (Å²) in [6.45, 7) is 4.20. The van der Waals surface area contributed by atoms with Gasteiger partial charge in [0.05, 0.1) is 17.6 Å². The Morgan fingerprint density at radius 1 is 1.33 bits per heavy atom. The molecule has 0 amide bonds. The van der Waals surface area contributed by atoms with Crippen LogP contribution < -0.4 is 5.32 Å². The van der Waals surface area contributed by atoms with Gasteiger partial charge in [-0.05, 0) is 26.0 Å². The first kappa shape index (κ1) is 15.9. The van der Waals surface area contributed by atoms with E-state index in [1.54, 1.807) is 19.1 Å². The summed E-state index contributed by atoms with van der Waals surface area (Å²) in [6.07, 6.45) is -0.282. The van der Waals surface area contributed by atoms with Crippen molar-refractivity contribution in [2.75, 3.05) is 13.2 Å². The minimum Gasteiger partial charge on any atom is -0.465 e. The summed E-state index contributed by atoms with van der Waals surface area (Å²) in [5.74, 6) is -0.378. The highest BCUT2D eigenvalue weighted by Crippen LogP contribution is 2.19. The maximum Gasteiger partial charge on any atom is 0.323 e. The summed E-state index contributed by atoms with van der Waals surface area (Å²) < 4.78 is 34.4. The first-order valence-corrected chi connectivity index (χ1v) is 8.23. The van der Waals surface area contributed by atoms with Gasteiger partial charge < -0.3 is 10.1 Å².